The third kappa shape index (κ3) is 13.8. The first-order chi connectivity index (χ1) is 19.0. The summed E-state index contributed by atoms with van der Waals surface area (Å²) in [6.07, 6.45) is 5.34. The second-order valence-corrected chi connectivity index (χ2v) is 10.3. The number of esters is 3. The number of carbonyl (C=O) groups is 4. The van der Waals surface area contributed by atoms with Gasteiger partial charge in [-0.3, -0.25) is 14.4 Å². The van der Waals surface area contributed by atoms with Gasteiger partial charge in [-0.25, -0.2) is 4.79 Å². The molecule has 0 saturated carbocycles. The Kier molecular flexibility index (Phi) is 16.6. The number of benzene rings is 1. The highest BCUT2D eigenvalue weighted by Crippen LogP contribution is 2.31. The SMILES string of the molecule is CCCCCC(=O)Oc1ccc(C[C@](N)(CCOC(=O)OCCC(C)C)C(=O)OC)cc1OC(=O)CCCCC. The number of hydrogen-bond acceptors (Lipinski definition) is 10. The molecule has 0 amide bonds. The van der Waals surface area contributed by atoms with Gasteiger partial charge in [-0.1, -0.05) is 59.4 Å². The van der Waals surface area contributed by atoms with E-state index in [1.165, 1.54) is 19.2 Å². The van der Waals surface area contributed by atoms with Gasteiger partial charge >= 0.3 is 24.1 Å². The van der Waals surface area contributed by atoms with Crippen molar-refractivity contribution in [1.82, 2.24) is 0 Å². The Morgan fingerprint density at radius 1 is 0.850 bits per heavy atom. The molecule has 0 spiro atoms. The van der Waals surface area contributed by atoms with E-state index in [-0.39, 0.29) is 50.4 Å². The molecule has 0 fully saturated rings. The quantitative estimate of drug-likeness (QED) is 0.127. The van der Waals surface area contributed by atoms with Crippen molar-refractivity contribution in [1.29, 1.82) is 0 Å². The Morgan fingerprint density at radius 2 is 1.43 bits per heavy atom. The lowest BCUT2D eigenvalue weighted by molar-refractivity contribution is -0.147. The molecule has 226 valence electrons. The van der Waals surface area contributed by atoms with E-state index in [4.69, 9.17) is 29.4 Å². The lowest BCUT2D eigenvalue weighted by atomic mass is 9.88. The van der Waals surface area contributed by atoms with Crippen molar-refractivity contribution in [2.24, 2.45) is 11.7 Å². The number of carbonyl (C=O) groups excluding carboxylic acids is 4. The van der Waals surface area contributed by atoms with Crippen molar-refractivity contribution in [3.05, 3.63) is 23.8 Å². The van der Waals surface area contributed by atoms with E-state index in [1.54, 1.807) is 6.07 Å². The molecule has 10 heteroatoms. The average Bonchev–Trinajstić information content (AvgIpc) is 2.89. The highest BCUT2D eigenvalue weighted by Gasteiger charge is 2.36. The number of nitrogens with two attached hydrogens (primary N) is 1. The topological polar surface area (TPSA) is 140 Å². The van der Waals surface area contributed by atoms with Gasteiger partial charge in [0, 0.05) is 25.7 Å². The number of methoxy groups -OCH3 is 1. The van der Waals surface area contributed by atoms with Crippen LogP contribution in [0, 0.1) is 5.92 Å². The van der Waals surface area contributed by atoms with E-state index in [9.17, 15) is 19.2 Å². The van der Waals surface area contributed by atoms with Gasteiger partial charge in [0.05, 0.1) is 20.3 Å². The molecule has 0 aliphatic rings. The van der Waals surface area contributed by atoms with E-state index >= 15 is 0 Å². The van der Waals surface area contributed by atoms with E-state index in [1.807, 2.05) is 27.7 Å². The van der Waals surface area contributed by atoms with Crippen molar-refractivity contribution < 1.29 is 42.9 Å². The second kappa shape index (κ2) is 19.0. The van der Waals surface area contributed by atoms with Gasteiger partial charge in [0.15, 0.2) is 11.5 Å². The van der Waals surface area contributed by atoms with E-state index in [0.29, 0.717) is 30.7 Å². The van der Waals surface area contributed by atoms with Gasteiger partial charge in [-0.15, -0.1) is 0 Å². The predicted octanol–water partition coefficient (Wildman–Crippen LogP) is 5.66. The molecule has 1 atom stereocenters. The summed E-state index contributed by atoms with van der Waals surface area (Å²) in [5, 5.41) is 0. The Hall–Kier alpha value is -3.14. The first kappa shape index (κ1) is 34.9. The van der Waals surface area contributed by atoms with Gasteiger partial charge in [0.25, 0.3) is 0 Å². The van der Waals surface area contributed by atoms with Crippen LogP contribution in [0.1, 0.15) is 97.5 Å². The highest BCUT2D eigenvalue weighted by atomic mass is 16.7. The van der Waals surface area contributed by atoms with Crippen molar-refractivity contribution in [2.45, 2.75) is 104 Å². The van der Waals surface area contributed by atoms with Crippen LogP contribution in [0.25, 0.3) is 0 Å². The van der Waals surface area contributed by atoms with Crippen LogP contribution in [0.4, 0.5) is 4.79 Å². The number of rotatable bonds is 19. The predicted molar refractivity (Wildman–Crippen MR) is 150 cm³/mol. The van der Waals surface area contributed by atoms with E-state index < -0.39 is 29.6 Å². The fourth-order valence-electron chi connectivity index (χ4n) is 3.78. The van der Waals surface area contributed by atoms with E-state index in [2.05, 4.69) is 0 Å². The molecule has 1 aromatic carbocycles. The molecule has 0 saturated heterocycles. The first-order valence-corrected chi connectivity index (χ1v) is 14.3. The van der Waals surface area contributed by atoms with Crippen molar-refractivity contribution in [3.63, 3.8) is 0 Å². The minimum Gasteiger partial charge on any atom is -0.468 e. The smallest absolute Gasteiger partial charge is 0.468 e. The molecule has 40 heavy (non-hydrogen) atoms. The van der Waals surface area contributed by atoms with Crippen molar-refractivity contribution in [3.8, 4) is 11.5 Å². The number of unbranched alkanes of at least 4 members (excludes halogenated alkanes) is 4. The molecule has 10 nitrogen and oxygen atoms in total. The summed E-state index contributed by atoms with van der Waals surface area (Å²) in [6, 6.07) is 4.68. The molecule has 0 bridgehead atoms. The lowest BCUT2D eigenvalue weighted by Crippen LogP contribution is -2.51. The summed E-state index contributed by atoms with van der Waals surface area (Å²) in [5.74, 6) is -1.02. The summed E-state index contributed by atoms with van der Waals surface area (Å²) in [4.78, 5) is 49.3. The maximum Gasteiger partial charge on any atom is 0.508 e. The van der Waals surface area contributed by atoms with Gasteiger partial charge in [0.1, 0.15) is 5.54 Å². The third-order valence-corrected chi connectivity index (χ3v) is 6.22. The molecule has 0 aliphatic carbocycles. The van der Waals surface area contributed by atoms with Crippen LogP contribution in [0.3, 0.4) is 0 Å². The largest absolute Gasteiger partial charge is 0.508 e. The maximum atomic E-state index is 12.6. The monoisotopic (exact) mass is 565 g/mol. The molecule has 0 heterocycles. The zero-order chi connectivity index (χ0) is 30.0. The van der Waals surface area contributed by atoms with Crippen LogP contribution in [-0.2, 0) is 35.0 Å². The minimum absolute atomic E-state index is 0.0173. The Labute approximate surface area is 238 Å². The van der Waals surface area contributed by atoms with Gasteiger partial charge < -0.3 is 29.4 Å². The Balaban J connectivity index is 3.03. The van der Waals surface area contributed by atoms with Crippen molar-refractivity contribution in [2.75, 3.05) is 20.3 Å². The van der Waals surface area contributed by atoms with Crippen molar-refractivity contribution >= 4 is 24.1 Å². The fourth-order valence-corrected chi connectivity index (χ4v) is 3.78. The van der Waals surface area contributed by atoms with Gasteiger partial charge in [0.2, 0.25) is 0 Å². The van der Waals surface area contributed by atoms with Gasteiger partial charge in [-0.05, 0) is 42.9 Å². The summed E-state index contributed by atoms with van der Waals surface area (Å²) >= 11 is 0. The van der Waals surface area contributed by atoms with Crippen LogP contribution >= 0.6 is 0 Å². The third-order valence-electron chi connectivity index (χ3n) is 6.22. The van der Waals surface area contributed by atoms with Crippen LogP contribution in [0.2, 0.25) is 0 Å². The summed E-state index contributed by atoms with van der Waals surface area (Å²) in [6.45, 7) is 8.16. The zero-order valence-corrected chi connectivity index (χ0v) is 24.8. The number of ether oxygens (including phenoxy) is 5. The molecule has 0 unspecified atom stereocenters. The zero-order valence-electron chi connectivity index (χ0n) is 24.8. The first-order valence-electron chi connectivity index (χ1n) is 14.3. The highest BCUT2D eigenvalue weighted by molar-refractivity contribution is 5.81. The molecular formula is C30H47NO9. The van der Waals surface area contributed by atoms with Crippen LogP contribution < -0.4 is 15.2 Å². The van der Waals surface area contributed by atoms with Crippen LogP contribution in [-0.4, -0.2) is 49.9 Å². The molecule has 1 aromatic rings. The van der Waals surface area contributed by atoms with Crippen LogP contribution in [0.5, 0.6) is 11.5 Å². The summed E-state index contributed by atoms with van der Waals surface area (Å²) in [7, 11) is 1.22. The lowest BCUT2D eigenvalue weighted by Gasteiger charge is -2.26. The molecule has 0 radical (unpaired) electrons. The average molecular weight is 566 g/mol. The van der Waals surface area contributed by atoms with E-state index in [0.717, 1.165) is 25.7 Å². The summed E-state index contributed by atoms with van der Waals surface area (Å²) in [5.41, 5.74) is 5.42. The molecule has 1 rings (SSSR count). The number of hydrogen-bond donors (Lipinski definition) is 1. The standard InChI is InChI=1S/C30H47NO9/c1-6-8-10-12-26(32)39-24-15-14-23(20-25(24)40-27(33)13-11-9-7-2)21-30(31,28(34)36-5)17-19-38-29(35)37-18-16-22(3)4/h14-15,20,22H,6-13,16-19,21,31H2,1-5H3/t30-/m1/s1. The molecule has 0 aromatic heterocycles. The Bertz CT molecular complexity index is 947. The minimum atomic E-state index is -1.55. The van der Waals surface area contributed by atoms with Crippen LogP contribution in [0.15, 0.2) is 18.2 Å². The fraction of sp³-hybridized carbons (Fsp3) is 0.667. The maximum absolute atomic E-state index is 12.6. The molecule has 0 aliphatic heterocycles. The second-order valence-electron chi connectivity index (χ2n) is 10.3. The van der Waals surface area contributed by atoms with Gasteiger partial charge in [-0.2, -0.15) is 0 Å². The molecule has 2 N–H and O–H groups in total. The summed E-state index contributed by atoms with van der Waals surface area (Å²) < 4.78 is 26.1. The Morgan fingerprint density at radius 3 is 1.98 bits per heavy atom. The molecular weight excluding hydrogens is 518 g/mol. The normalized spacial score (nSPS) is 12.4.